The fraction of sp³-hybridized carbons (Fsp3) is 0.727. The van der Waals surface area contributed by atoms with Gasteiger partial charge in [0.1, 0.15) is 19.3 Å². The second-order valence-electron chi connectivity index (χ2n) is 6.17. The molecule has 1 aromatic heterocycles. The third-order valence-electron chi connectivity index (χ3n) is 3.39. The van der Waals surface area contributed by atoms with Crippen LogP contribution in [0.15, 0.2) is 10.4 Å². The molecule has 0 amide bonds. The van der Waals surface area contributed by atoms with Gasteiger partial charge in [0.2, 0.25) is 10.0 Å². The maximum absolute atomic E-state index is 12.3. The minimum Gasteiger partial charge on any atom is -0.386 e. The van der Waals surface area contributed by atoms with Crippen LogP contribution in [0, 0.1) is 0 Å². The first-order valence-corrected chi connectivity index (χ1v) is 11.3. The van der Waals surface area contributed by atoms with Crippen molar-refractivity contribution in [3.8, 4) is 0 Å². The largest absolute Gasteiger partial charge is 0.386 e. The molecule has 0 saturated heterocycles. The summed E-state index contributed by atoms with van der Waals surface area (Å²) in [6.07, 6.45) is 0.559. The second kappa shape index (κ2) is 5.25. The van der Waals surface area contributed by atoms with Crippen molar-refractivity contribution < 1.29 is 13.5 Å². The lowest BCUT2D eigenvalue weighted by Gasteiger charge is -2.36. The molecule has 110 valence electrons. The van der Waals surface area contributed by atoms with Crippen LogP contribution < -0.4 is 4.39 Å². The molecule has 0 aromatic carbocycles. The maximum Gasteiger partial charge on any atom is 0.245 e. The van der Waals surface area contributed by atoms with E-state index in [0.29, 0.717) is 5.01 Å². The molecule has 1 aromatic rings. The Hall–Kier alpha value is -0.283. The lowest BCUT2D eigenvalue weighted by atomic mass is 10.2. The molecule has 0 unspecified atom stereocenters. The van der Waals surface area contributed by atoms with Crippen LogP contribution >= 0.6 is 11.3 Å². The van der Waals surface area contributed by atoms with Crippen molar-refractivity contribution in [1.29, 1.82) is 0 Å². The fourth-order valence-electron chi connectivity index (χ4n) is 1.13. The van der Waals surface area contributed by atoms with Crippen molar-refractivity contribution in [2.75, 3.05) is 0 Å². The molecule has 5 nitrogen and oxygen atoms in total. The van der Waals surface area contributed by atoms with Crippen LogP contribution in [0.3, 0.4) is 0 Å². The van der Waals surface area contributed by atoms with Gasteiger partial charge in [-0.25, -0.2) is 17.8 Å². The molecule has 0 spiro atoms. The Morgan fingerprint density at radius 3 is 2.32 bits per heavy atom. The van der Waals surface area contributed by atoms with Crippen LogP contribution in [-0.2, 0) is 10.0 Å². The molecule has 0 radical (unpaired) electrons. The molecule has 0 aliphatic carbocycles. The van der Waals surface area contributed by atoms with E-state index in [1.54, 1.807) is 6.92 Å². The zero-order valence-electron chi connectivity index (χ0n) is 12.2. The first-order chi connectivity index (χ1) is 8.37. The molecule has 0 aliphatic heterocycles. The number of sulfonamides is 1. The highest BCUT2D eigenvalue weighted by Gasteiger charge is 2.40. The number of hydrogen-bond donors (Lipinski definition) is 2. The van der Waals surface area contributed by atoms with E-state index in [1.165, 1.54) is 6.20 Å². The van der Waals surface area contributed by atoms with Crippen molar-refractivity contribution in [3.63, 3.8) is 0 Å². The average Bonchev–Trinajstić information content (AvgIpc) is 2.62. The third-order valence-corrected chi connectivity index (χ3v) is 12.8. The molecule has 2 N–H and O–H groups in total. The summed E-state index contributed by atoms with van der Waals surface area (Å²) in [6, 6.07) is 0. The van der Waals surface area contributed by atoms with Crippen molar-refractivity contribution in [1.82, 2.24) is 9.37 Å². The minimum absolute atomic E-state index is 0.0855. The van der Waals surface area contributed by atoms with Gasteiger partial charge in [0.25, 0.3) is 0 Å². The first-order valence-electron chi connectivity index (χ1n) is 6.04. The van der Waals surface area contributed by atoms with Crippen molar-refractivity contribution in [3.05, 3.63) is 11.2 Å². The summed E-state index contributed by atoms with van der Waals surface area (Å²) in [5, 5.41) is 9.73. The molecule has 0 saturated carbocycles. The highest BCUT2D eigenvalue weighted by molar-refractivity contribution is 7.93. The van der Waals surface area contributed by atoms with Gasteiger partial charge in [0.15, 0.2) is 4.21 Å². The summed E-state index contributed by atoms with van der Waals surface area (Å²) < 4.78 is 27.7. The lowest BCUT2D eigenvalue weighted by molar-refractivity contribution is 0.199. The van der Waals surface area contributed by atoms with E-state index < -0.39 is 24.4 Å². The monoisotopic (exact) mass is 322 g/mol. The van der Waals surface area contributed by atoms with Crippen LogP contribution in [-0.4, -0.2) is 26.7 Å². The summed E-state index contributed by atoms with van der Waals surface area (Å²) >= 11 is 1.01. The summed E-state index contributed by atoms with van der Waals surface area (Å²) in [6.45, 7) is 11.7. The molecular formula is C11H22N2O3S2Si. The molecule has 0 fully saturated rings. The molecular weight excluding hydrogens is 300 g/mol. The highest BCUT2D eigenvalue weighted by atomic mass is 32.2. The molecule has 1 atom stereocenters. The Morgan fingerprint density at radius 1 is 1.42 bits per heavy atom. The van der Waals surface area contributed by atoms with E-state index >= 15 is 0 Å². The van der Waals surface area contributed by atoms with Gasteiger partial charge >= 0.3 is 0 Å². The van der Waals surface area contributed by atoms with Gasteiger partial charge in [-0.1, -0.05) is 33.9 Å². The summed E-state index contributed by atoms with van der Waals surface area (Å²) in [7, 11) is -5.72. The Kier molecular flexibility index (Phi) is 4.63. The topological polar surface area (TPSA) is 79.3 Å². The molecule has 0 bridgehead atoms. The number of nitrogens with zero attached hydrogens (tertiary/aromatic N) is 1. The van der Waals surface area contributed by atoms with E-state index in [4.69, 9.17) is 0 Å². The van der Waals surface area contributed by atoms with Gasteiger partial charge in [-0.2, -0.15) is 0 Å². The van der Waals surface area contributed by atoms with Crippen molar-refractivity contribution >= 4 is 29.6 Å². The van der Waals surface area contributed by atoms with Crippen molar-refractivity contribution in [2.45, 2.75) is 56.1 Å². The second-order valence-corrected chi connectivity index (χ2v) is 14.5. The highest BCUT2D eigenvalue weighted by Crippen LogP contribution is 2.35. The number of thiazole rings is 1. The van der Waals surface area contributed by atoms with Crippen molar-refractivity contribution in [2.24, 2.45) is 0 Å². The zero-order chi connectivity index (χ0) is 15.1. The van der Waals surface area contributed by atoms with Crippen LogP contribution in [0.25, 0.3) is 0 Å². The number of aromatic nitrogens is 1. The van der Waals surface area contributed by atoms with E-state index in [1.807, 2.05) is 33.9 Å². The van der Waals surface area contributed by atoms with E-state index in [0.717, 1.165) is 11.3 Å². The SMILES string of the molecule is C[C@@H](O)c1ncc(S(=O)(=O)N[Si](C)(C)C(C)(C)C)s1. The number of aliphatic hydroxyl groups excluding tert-OH is 1. The Balaban J connectivity index is 3.05. The maximum atomic E-state index is 12.3. The summed E-state index contributed by atoms with van der Waals surface area (Å²) in [4.78, 5) is 3.94. The first kappa shape index (κ1) is 16.8. The van der Waals surface area contributed by atoms with Gasteiger partial charge < -0.3 is 5.11 Å². The predicted octanol–water partition coefficient (Wildman–Crippen LogP) is 2.48. The van der Waals surface area contributed by atoms with Gasteiger partial charge in [-0.15, -0.1) is 11.3 Å². The van der Waals surface area contributed by atoms with Crippen LogP contribution in [0.4, 0.5) is 0 Å². The Bertz CT molecular complexity index is 545. The number of hydrogen-bond acceptors (Lipinski definition) is 5. The zero-order valence-corrected chi connectivity index (χ0v) is 14.8. The molecule has 1 rings (SSSR count). The van der Waals surface area contributed by atoms with Gasteiger partial charge in [-0.3, -0.25) is 0 Å². The molecule has 1 heterocycles. The average molecular weight is 323 g/mol. The van der Waals surface area contributed by atoms with Crippen LogP contribution in [0.2, 0.25) is 18.1 Å². The minimum atomic E-state index is -3.56. The Labute approximate surface area is 120 Å². The van der Waals surface area contributed by atoms with Gasteiger partial charge in [0, 0.05) is 0 Å². The number of rotatable bonds is 4. The van der Waals surface area contributed by atoms with Gasteiger partial charge in [0.05, 0.1) is 6.20 Å². The number of aliphatic hydroxyl groups is 1. The normalized spacial score (nSPS) is 15.5. The summed E-state index contributed by atoms with van der Waals surface area (Å²) in [5.41, 5.74) is 0. The fourth-order valence-corrected chi connectivity index (χ4v) is 7.29. The standard InChI is InChI=1S/C11H22N2O3S2Si/c1-8(14)10-12-7-9(17-10)18(15,16)13-19(5,6)11(2,3)4/h7-8,13-14H,1-6H3/t8-/m1/s1. The third kappa shape index (κ3) is 3.85. The Morgan fingerprint density at radius 2 is 1.95 bits per heavy atom. The van der Waals surface area contributed by atoms with E-state index in [2.05, 4.69) is 9.37 Å². The molecule has 8 heteroatoms. The smallest absolute Gasteiger partial charge is 0.245 e. The van der Waals surface area contributed by atoms with Gasteiger partial charge in [-0.05, 0) is 12.0 Å². The van der Waals surface area contributed by atoms with E-state index in [-0.39, 0.29) is 9.25 Å². The molecule has 0 aliphatic rings. The van der Waals surface area contributed by atoms with Crippen LogP contribution in [0.1, 0.15) is 38.8 Å². The number of nitrogens with one attached hydrogen (secondary N) is 1. The molecule has 19 heavy (non-hydrogen) atoms. The lowest BCUT2D eigenvalue weighted by Crippen LogP contribution is -2.54. The predicted molar refractivity (Wildman–Crippen MR) is 80.3 cm³/mol. The van der Waals surface area contributed by atoms with Crippen LogP contribution in [0.5, 0.6) is 0 Å². The summed E-state index contributed by atoms with van der Waals surface area (Å²) in [5.74, 6) is 0. The van der Waals surface area contributed by atoms with E-state index in [9.17, 15) is 13.5 Å². The quantitative estimate of drug-likeness (QED) is 0.835.